The van der Waals surface area contributed by atoms with Gasteiger partial charge in [0.15, 0.2) is 0 Å². The number of pyridine rings is 1. The Balaban J connectivity index is 2.14. The van der Waals surface area contributed by atoms with E-state index in [2.05, 4.69) is 16.0 Å². The summed E-state index contributed by atoms with van der Waals surface area (Å²) >= 11 is 0. The number of aldehydes is 1. The maximum atomic E-state index is 10.6. The summed E-state index contributed by atoms with van der Waals surface area (Å²) in [5.74, 6) is 0.917. The summed E-state index contributed by atoms with van der Waals surface area (Å²) in [6.07, 6.45) is 4.43. The number of anilines is 1. The van der Waals surface area contributed by atoms with Gasteiger partial charge in [0.1, 0.15) is 18.2 Å². The maximum Gasteiger partial charge on any atom is 0.146 e. The third-order valence-electron chi connectivity index (χ3n) is 2.94. The van der Waals surface area contributed by atoms with Gasteiger partial charge in [0.2, 0.25) is 0 Å². The van der Waals surface area contributed by atoms with Crippen molar-refractivity contribution in [3.8, 4) is 6.07 Å². The van der Waals surface area contributed by atoms with E-state index in [9.17, 15) is 4.79 Å². The predicted molar refractivity (Wildman–Crippen MR) is 60.0 cm³/mol. The molecule has 1 fully saturated rings. The van der Waals surface area contributed by atoms with Gasteiger partial charge in [-0.2, -0.15) is 5.26 Å². The van der Waals surface area contributed by atoms with E-state index in [1.165, 1.54) is 0 Å². The lowest BCUT2D eigenvalue weighted by Gasteiger charge is -2.30. The Morgan fingerprint density at radius 3 is 2.88 bits per heavy atom. The van der Waals surface area contributed by atoms with Gasteiger partial charge in [-0.15, -0.1) is 0 Å². The average Bonchev–Trinajstić information content (AvgIpc) is 2.39. The van der Waals surface area contributed by atoms with E-state index < -0.39 is 0 Å². The van der Waals surface area contributed by atoms with Crippen molar-refractivity contribution < 1.29 is 4.79 Å². The summed E-state index contributed by atoms with van der Waals surface area (Å²) in [4.78, 5) is 17.0. The van der Waals surface area contributed by atoms with Gasteiger partial charge in [-0.3, -0.25) is 0 Å². The lowest BCUT2D eigenvalue weighted by molar-refractivity contribution is -0.111. The number of piperidine rings is 1. The van der Waals surface area contributed by atoms with E-state index in [0.29, 0.717) is 5.56 Å². The quantitative estimate of drug-likeness (QED) is 0.699. The second-order valence-electron chi connectivity index (χ2n) is 3.95. The molecule has 2 rings (SSSR count). The molecule has 0 unspecified atom stereocenters. The van der Waals surface area contributed by atoms with Crippen molar-refractivity contribution >= 4 is 12.1 Å². The number of hydrogen-bond acceptors (Lipinski definition) is 4. The molecule has 1 aromatic rings. The number of carbonyl (C=O) groups is 1. The zero-order valence-corrected chi connectivity index (χ0v) is 8.97. The van der Waals surface area contributed by atoms with E-state index in [4.69, 9.17) is 5.26 Å². The van der Waals surface area contributed by atoms with Crippen LogP contribution in [0, 0.1) is 17.2 Å². The Hall–Kier alpha value is -1.89. The third-order valence-corrected chi connectivity index (χ3v) is 2.94. The second-order valence-corrected chi connectivity index (χ2v) is 3.95. The van der Waals surface area contributed by atoms with Gasteiger partial charge < -0.3 is 9.69 Å². The van der Waals surface area contributed by atoms with Crippen LogP contribution in [0.3, 0.4) is 0 Å². The highest BCUT2D eigenvalue weighted by Gasteiger charge is 2.21. The van der Waals surface area contributed by atoms with Crippen molar-refractivity contribution in [3.05, 3.63) is 23.9 Å². The van der Waals surface area contributed by atoms with Crippen LogP contribution in [0.2, 0.25) is 0 Å². The number of nitriles is 1. The van der Waals surface area contributed by atoms with Crippen LogP contribution < -0.4 is 4.90 Å². The van der Waals surface area contributed by atoms with Gasteiger partial charge in [-0.05, 0) is 25.0 Å². The van der Waals surface area contributed by atoms with Crippen LogP contribution in [0.25, 0.3) is 0 Å². The first-order valence-corrected chi connectivity index (χ1v) is 5.40. The van der Waals surface area contributed by atoms with Gasteiger partial charge in [0, 0.05) is 25.2 Å². The fourth-order valence-electron chi connectivity index (χ4n) is 1.98. The van der Waals surface area contributed by atoms with Crippen molar-refractivity contribution in [2.45, 2.75) is 12.8 Å². The van der Waals surface area contributed by atoms with Gasteiger partial charge in [0.25, 0.3) is 0 Å². The molecule has 0 N–H and O–H groups in total. The Bertz CT molecular complexity index is 417. The molecule has 1 aromatic heterocycles. The minimum Gasteiger partial charge on any atom is -0.355 e. The van der Waals surface area contributed by atoms with Crippen molar-refractivity contribution in [2.75, 3.05) is 18.0 Å². The molecule has 0 amide bonds. The summed E-state index contributed by atoms with van der Waals surface area (Å²) in [6, 6.07) is 5.68. The minimum atomic E-state index is 0.172. The number of aromatic nitrogens is 1. The fraction of sp³-hybridized carbons (Fsp3) is 0.417. The SMILES string of the molecule is N#Cc1cccnc1N1CCC(C=O)CC1. The van der Waals surface area contributed by atoms with Crippen LogP contribution in [0.5, 0.6) is 0 Å². The van der Waals surface area contributed by atoms with Crippen molar-refractivity contribution in [3.63, 3.8) is 0 Å². The molecule has 0 bridgehead atoms. The molecular weight excluding hydrogens is 202 g/mol. The van der Waals surface area contributed by atoms with Crippen molar-refractivity contribution in [1.82, 2.24) is 4.98 Å². The average molecular weight is 215 g/mol. The molecule has 0 aromatic carbocycles. The monoisotopic (exact) mass is 215 g/mol. The Labute approximate surface area is 94.5 Å². The molecule has 0 saturated carbocycles. The largest absolute Gasteiger partial charge is 0.355 e. The van der Waals surface area contributed by atoms with E-state index in [1.54, 1.807) is 18.3 Å². The fourth-order valence-corrected chi connectivity index (χ4v) is 1.98. The lowest BCUT2D eigenvalue weighted by Crippen LogP contribution is -2.35. The Morgan fingerprint density at radius 2 is 2.25 bits per heavy atom. The summed E-state index contributed by atoms with van der Waals surface area (Å²) in [5, 5.41) is 8.97. The molecule has 16 heavy (non-hydrogen) atoms. The zero-order valence-electron chi connectivity index (χ0n) is 8.97. The van der Waals surface area contributed by atoms with Crippen LogP contribution in [-0.4, -0.2) is 24.4 Å². The zero-order chi connectivity index (χ0) is 11.4. The van der Waals surface area contributed by atoms with Crippen LogP contribution in [-0.2, 0) is 4.79 Å². The summed E-state index contributed by atoms with van der Waals surface area (Å²) in [5.41, 5.74) is 0.604. The van der Waals surface area contributed by atoms with E-state index in [1.807, 2.05) is 0 Å². The van der Waals surface area contributed by atoms with Gasteiger partial charge in [0.05, 0.1) is 5.56 Å². The second kappa shape index (κ2) is 4.75. The minimum absolute atomic E-state index is 0.172. The number of rotatable bonds is 2. The van der Waals surface area contributed by atoms with Crippen molar-refractivity contribution in [1.29, 1.82) is 5.26 Å². The predicted octanol–water partition coefficient (Wildman–Crippen LogP) is 1.37. The standard InChI is InChI=1S/C12H13N3O/c13-8-11-2-1-5-14-12(11)15-6-3-10(9-16)4-7-15/h1-2,5,9-10H,3-4,6-7H2. The maximum absolute atomic E-state index is 10.6. The molecule has 1 aliphatic rings. The molecule has 0 spiro atoms. The highest BCUT2D eigenvalue weighted by atomic mass is 16.1. The lowest BCUT2D eigenvalue weighted by atomic mass is 9.98. The number of nitrogens with zero attached hydrogens (tertiary/aromatic N) is 3. The Kier molecular flexibility index (Phi) is 3.16. The third kappa shape index (κ3) is 2.03. The molecule has 0 radical (unpaired) electrons. The molecule has 82 valence electrons. The molecular formula is C12H13N3O. The van der Waals surface area contributed by atoms with Gasteiger partial charge in [-0.1, -0.05) is 0 Å². The van der Waals surface area contributed by atoms with Crippen molar-refractivity contribution in [2.24, 2.45) is 5.92 Å². The summed E-state index contributed by atoms with van der Waals surface area (Å²) < 4.78 is 0. The Morgan fingerprint density at radius 1 is 1.50 bits per heavy atom. The molecule has 1 saturated heterocycles. The smallest absolute Gasteiger partial charge is 0.146 e. The van der Waals surface area contributed by atoms with E-state index in [0.717, 1.165) is 38.0 Å². The molecule has 0 atom stereocenters. The molecule has 2 heterocycles. The summed E-state index contributed by atoms with van der Waals surface area (Å²) in [7, 11) is 0. The van der Waals surface area contributed by atoms with Crippen LogP contribution in [0.15, 0.2) is 18.3 Å². The topological polar surface area (TPSA) is 57.0 Å². The highest BCUT2D eigenvalue weighted by molar-refractivity contribution is 5.57. The van der Waals surface area contributed by atoms with Gasteiger partial charge in [-0.25, -0.2) is 4.98 Å². The van der Waals surface area contributed by atoms with Crippen LogP contribution >= 0.6 is 0 Å². The summed E-state index contributed by atoms with van der Waals surface area (Å²) in [6.45, 7) is 1.60. The first kappa shape index (κ1) is 10.6. The molecule has 4 heteroatoms. The highest BCUT2D eigenvalue weighted by Crippen LogP contribution is 2.22. The van der Waals surface area contributed by atoms with E-state index >= 15 is 0 Å². The van der Waals surface area contributed by atoms with E-state index in [-0.39, 0.29) is 5.92 Å². The number of carbonyl (C=O) groups excluding carboxylic acids is 1. The molecule has 1 aliphatic heterocycles. The van der Waals surface area contributed by atoms with Gasteiger partial charge >= 0.3 is 0 Å². The van der Waals surface area contributed by atoms with Crippen LogP contribution in [0.1, 0.15) is 18.4 Å². The van der Waals surface area contributed by atoms with Crippen LogP contribution in [0.4, 0.5) is 5.82 Å². The number of hydrogen-bond donors (Lipinski definition) is 0. The normalized spacial score (nSPS) is 16.8. The first-order valence-electron chi connectivity index (χ1n) is 5.40. The molecule has 0 aliphatic carbocycles. The molecule has 4 nitrogen and oxygen atoms in total. The first-order chi connectivity index (χ1) is 7.85.